The van der Waals surface area contributed by atoms with Crippen molar-refractivity contribution in [3.05, 3.63) is 23.4 Å². The molecule has 0 aliphatic rings. The molecule has 0 fully saturated rings. The summed E-state index contributed by atoms with van der Waals surface area (Å²) in [6, 6.07) is 4.28. The Hall–Kier alpha value is -0.540. The number of hydrogen-bond donors (Lipinski definition) is 1. The average Bonchev–Trinajstić information content (AvgIpc) is 2.16. The Labute approximate surface area is 103 Å². The van der Waals surface area contributed by atoms with Crippen molar-refractivity contribution in [3.63, 3.8) is 0 Å². The normalized spacial score (nSPS) is 12.8. The molecule has 0 amide bonds. The SMILES string of the molecule is CCCNCC(C)Sc1cc(C)cc(C)n1. The summed E-state index contributed by atoms with van der Waals surface area (Å²) < 4.78 is 0. The lowest BCUT2D eigenvalue weighted by Crippen LogP contribution is -2.23. The van der Waals surface area contributed by atoms with Gasteiger partial charge in [0.15, 0.2) is 0 Å². The fourth-order valence-corrected chi connectivity index (χ4v) is 2.66. The van der Waals surface area contributed by atoms with Crippen LogP contribution in [0, 0.1) is 13.8 Å². The zero-order valence-electron chi connectivity index (χ0n) is 10.7. The van der Waals surface area contributed by atoms with Gasteiger partial charge in [-0.15, -0.1) is 11.8 Å². The minimum Gasteiger partial charge on any atom is -0.316 e. The molecule has 1 heterocycles. The number of nitrogens with zero attached hydrogens (tertiary/aromatic N) is 1. The molecule has 0 radical (unpaired) electrons. The van der Waals surface area contributed by atoms with Crippen LogP contribution < -0.4 is 5.32 Å². The molecule has 0 aliphatic carbocycles. The summed E-state index contributed by atoms with van der Waals surface area (Å²) in [5, 5.41) is 5.15. The quantitative estimate of drug-likeness (QED) is 0.608. The van der Waals surface area contributed by atoms with Crippen molar-refractivity contribution in [1.29, 1.82) is 0 Å². The summed E-state index contributed by atoms with van der Waals surface area (Å²) in [4.78, 5) is 4.54. The molecular formula is C13H22N2S. The highest BCUT2D eigenvalue weighted by atomic mass is 32.2. The van der Waals surface area contributed by atoms with Gasteiger partial charge in [-0.25, -0.2) is 4.98 Å². The molecule has 1 N–H and O–H groups in total. The molecule has 90 valence electrons. The Bertz CT molecular complexity index is 305. The Kier molecular flexibility index (Phi) is 5.85. The molecule has 1 aromatic heterocycles. The molecule has 1 aromatic rings. The predicted octanol–water partition coefficient (Wildman–Crippen LogP) is 3.18. The zero-order chi connectivity index (χ0) is 12.0. The third-order valence-corrected chi connectivity index (χ3v) is 3.27. The van der Waals surface area contributed by atoms with E-state index in [0.29, 0.717) is 5.25 Å². The molecular weight excluding hydrogens is 216 g/mol. The molecule has 1 unspecified atom stereocenters. The highest BCUT2D eigenvalue weighted by Crippen LogP contribution is 2.22. The molecule has 3 heteroatoms. The van der Waals surface area contributed by atoms with Crippen molar-refractivity contribution in [1.82, 2.24) is 10.3 Å². The number of thioether (sulfide) groups is 1. The lowest BCUT2D eigenvalue weighted by atomic mass is 10.3. The Morgan fingerprint density at radius 3 is 2.75 bits per heavy atom. The van der Waals surface area contributed by atoms with Crippen molar-refractivity contribution < 1.29 is 0 Å². The summed E-state index contributed by atoms with van der Waals surface area (Å²) >= 11 is 1.85. The van der Waals surface area contributed by atoms with Crippen molar-refractivity contribution in [2.24, 2.45) is 0 Å². The van der Waals surface area contributed by atoms with Crippen LogP contribution in [0.15, 0.2) is 17.2 Å². The van der Waals surface area contributed by atoms with Crippen LogP contribution in [0.1, 0.15) is 31.5 Å². The first-order valence-corrected chi connectivity index (χ1v) is 6.82. The summed E-state index contributed by atoms with van der Waals surface area (Å²) in [5.74, 6) is 0. The Balaban J connectivity index is 2.45. The largest absolute Gasteiger partial charge is 0.316 e. The highest BCUT2D eigenvalue weighted by molar-refractivity contribution is 7.99. The van der Waals surface area contributed by atoms with Gasteiger partial charge in [-0.2, -0.15) is 0 Å². The van der Waals surface area contributed by atoms with Gasteiger partial charge >= 0.3 is 0 Å². The second kappa shape index (κ2) is 6.92. The molecule has 1 rings (SSSR count). The summed E-state index contributed by atoms with van der Waals surface area (Å²) in [6.45, 7) is 10.8. The van der Waals surface area contributed by atoms with E-state index in [1.807, 2.05) is 11.8 Å². The van der Waals surface area contributed by atoms with E-state index in [1.54, 1.807) is 0 Å². The maximum Gasteiger partial charge on any atom is 0.0968 e. The van der Waals surface area contributed by atoms with E-state index >= 15 is 0 Å². The first-order chi connectivity index (χ1) is 7.61. The van der Waals surface area contributed by atoms with E-state index in [1.165, 1.54) is 12.0 Å². The van der Waals surface area contributed by atoms with Crippen LogP contribution in [-0.2, 0) is 0 Å². The lowest BCUT2D eigenvalue weighted by molar-refractivity contribution is 0.668. The average molecular weight is 238 g/mol. The van der Waals surface area contributed by atoms with Gasteiger partial charge in [-0.05, 0) is 44.5 Å². The van der Waals surface area contributed by atoms with Gasteiger partial charge in [0, 0.05) is 17.5 Å². The highest BCUT2D eigenvalue weighted by Gasteiger charge is 2.05. The first-order valence-electron chi connectivity index (χ1n) is 5.94. The van der Waals surface area contributed by atoms with Gasteiger partial charge in [0.05, 0.1) is 5.03 Å². The smallest absolute Gasteiger partial charge is 0.0968 e. The van der Waals surface area contributed by atoms with Crippen molar-refractivity contribution in [3.8, 4) is 0 Å². The predicted molar refractivity (Wildman–Crippen MR) is 72.2 cm³/mol. The summed E-state index contributed by atoms with van der Waals surface area (Å²) in [6.07, 6.45) is 1.19. The van der Waals surface area contributed by atoms with Crippen LogP contribution in [0.5, 0.6) is 0 Å². The number of aryl methyl sites for hydroxylation is 2. The van der Waals surface area contributed by atoms with Gasteiger partial charge < -0.3 is 5.32 Å². The van der Waals surface area contributed by atoms with Crippen LogP contribution in [0.25, 0.3) is 0 Å². The molecule has 0 saturated carbocycles. The first kappa shape index (κ1) is 13.5. The Morgan fingerprint density at radius 2 is 2.12 bits per heavy atom. The van der Waals surface area contributed by atoms with E-state index in [4.69, 9.17) is 0 Å². The topological polar surface area (TPSA) is 24.9 Å². The Morgan fingerprint density at radius 1 is 1.38 bits per heavy atom. The number of nitrogens with one attached hydrogen (secondary N) is 1. The molecule has 2 nitrogen and oxygen atoms in total. The van der Waals surface area contributed by atoms with Crippen LogP contribution in [0.4, 0.5) is 0 Å². The van der Waals surface area contributed by atoms with Gasteiger partial charge in [0.2, 0.25) is 0 Å². The van der Waals surface area contributed by atoms with Crippen LogP contribution in [-0.4, -0.2) is 23.3 Å². The number of aromatic nitrogens is 1. The van der Waals surface area contributed by atoms with E-state index < -0.39 is 0 Å². The number of rotatable bonds is 6. The summed E-state index contributed by atoms with van der Waals surface area (Å²) in [7, 11) is 0. The molecule has 0 spiro atoms. The molecule has 0 aliphatic heterocycles. The third-order valence-electron chi connectivity index (χ3n) is 2.25. The minimum atomic E-state index is 0.570. The molecule has 1 atom stereocenters. The van der Waals surface area contributed by atoms with Gasteiger partial charge in [0.1, 0.15) is 0 Å². The second-order valence-corrected chi connectivity index (χ2v) is 5.72. The van der Waals surface area contributed by atoms with Crippen LogP contribution in [0.3, 0.4) is 0 Å². The van der Waals surface area contributed by atoms with E-state index in [-0.39, 0.29) is 0 Å². The molecule has 0 aromatic carbocycles. The molecule has 16 heavy (non-hydrogen) atoms. The van der Waals surface area contributed by atoms with Gasteiger partial charge in [-0.3, -0.25) is 0 Å². The van der Waals surface area contributed by atoms with E-state index in [2.05, 4.69) is 50.1 Å². The third kappa shape index (κ3) is 4.99. The van der Waals surface area contributed by atoms with Crippen LogP contribution >= 0.6 is 11.8 Å². The number of hydrogen-bond acceptors (Lipinski definition) is 3. The maximum absolute atomic E-state index is 4.54. The number of pyridine rings is 1. The van der Waals surface area contributed by atoms with Gasteiger partial charge in [0.25, 0.3) is 0 Å². The van der Waals surface area contributed by atoms with Crippen molar-refractivity contribution >= 4 is 11.8 Å². The second-order valence-electron chi connectivity index (χ2n) is 4.26. The lowest BCUT2D eigenvalue weighted by Gasteiger charge is -2.12. The molecule has 0 bridgehead atoms. The van der Waals surface area contributed by atoms with Crippen molar-refractivity contribution in [2.45, 2.75) is 44.4 Å². The van der Waals surface area contributed by atoms with Gasteiger partial charge in [-0.1, -0.05) is 13.8 Å². The van der Waals surface area contributed by atoms with E-state index in [0.717, 1.165) is 23.8 Å². The minimum absolute atomic E-state index is 0.570. The summed E-state index contributed by atoms with van der Waals surface area (Å²) in [5.41, 5.74) is 2.40. The zero-order valence-corrected chi connectivity index (χ0v) is 11.5. The monoisotopic (exact) mass is 238 g/mol. The standard InChI is InChI=1S/C13H22N2S/c1-5-6-14-9-12(4)16-13-8-10(2)7-11(3)15-13/h7-8,12,14H,5-6,9H2,1-4H3. The molecule has 0 saturated heterocycles. The van der Waals surface area contributed by atoms with Crippen LogP contribution in [0.2, 0.25) is 0 Å². The fraction of sp³-hybridized carbons (Fsp3) is 0.615. The van der Waals surface area contributed by atoms with Crippen molar-refractivity contribution in [2.75, 3.05) is 13.1 Å². The fourth-order valence-electron chi connectivity index (χ4n) is 1.59. The maximum atomic E-state index is 4.54. The van der Waals surface area contributed by atoms with E-state index in [9.17, 15) is 0 Å².